The Hall–Kier alpha value is -1.59. The van der Waals surface area contributed by atoms with Gasteiger partial charge in [-0.05, 0) is 25.2 Å². The van der Waals surface area contributed by atoms with Gasteiger partial charge in [-0.3, -0.25) is 14.4 Å². The molecule has 0 aliphatic carbocycles. The number of ether oxygens (including phenoxy) is 3. The van der Waals surface area contributed by atoms with Crippen molar-refractivity contribution in [2.45, 2.75) is 291 Å². The largest absolute Gasteiger partial charge is 0.462 e. The zero-order valence-electron chi connectivity index (χ0n) is 38.8. The van der Waals surface area contributed by atoms with Gasteiger partial charge in [0.1, 0.15) is 13.2 Å². The molecule has 0 spiro atoms. The number of hydrogen-bond acceptors (Lipinski definition) is 6. The van der Waals surface area contributed by atoms with E-state index in [4.69, 9.17) is 14.2 Å². The molecule has 0 aromatic rings. The van der Waals surface area contributed by atoms with Gasteiger partial charge in [0.05, 0.1) is 0 Å². The number of rotatable bonds is 46. The van der Waals surface area contributed by atoms with Crippen molar-refractivity contribution in [3.05, 3.63) is 0 Å². The van der Waals surface area contributed by atoms with Crippen molar-refractivity contribution in [1.82, 2.24) is 0 Å². The average Bonchev–Trinajstić information content (AvgIpc) is 3.19. The molecule has 0 aliphatic heterocycles. The van der Waals surface area contributed by atoms with Gasteiger partial charge in [-0.1, -0.05) is 246 Å². The van der Waals surface area contributed by atoms with E-state index in [1.165, 1.54) is 180 Å². The lowest BCUT2D eigenvalue weighted by atomic mass is 10.0. The second-order valence-corrected chi connectivity index (χ2v) is 17.9. The van der Waals surface area contributed by atoms with Crippen molar-refractivity contribution >= 4 is 17.9 Å². The van der Waals surface area contributed by atoms with Crippen LogP contribution < -0.4 is 0 Å². The van der Waals surface area contributed by atoms with Crippen molar-refractivity contribution in [3.63, 3.8) is 0 Å². The Morgan fingerprint density at radius 3 is 0.860 bits per heavy atom. The van der Waals surface area contributed by atoms with Gasteiger partial charge in [0.15, 0.2) is 6.10 Å². The lowest BCUT2D eigenvalue weighted by molar-refractivity contribution is -0.167. The van der Waals surface area contributed by atoms with E-state index in [1.54, 1.807) is 0 Å². The third-order valence-electron chi connectivity index (χ3n) is 11.5. The average molecular weight is 807 g/mol. The fourth-order valence-corrected chi connectivity index (χ4v) is 7.69. The highest BCUT2D eigenvalue weighted by Crippen LogP contribution is 2.17. The van der Waals surface area contributed by atoms with Crippen molar-refractivity contribution in [3.8, 4) is 0 Å². The molecular formula is C51H98O6. The normalized spacial score (nSPS) is 11.9. The Bertz CT molecular complexity index is 857. The first-order valence-corrected chi connectivity index (χ1v) is 25.4. The van der Waals surface area contributed by atoms with E-state index in [0.29, 0.717) is 19.3 Å². The molecule has 0 saturated carbocycles. The maximum absolute atomic E-state index is 12.8. The van der Waals surface area contributed by atoms with E-state index in [0.717, 1.165) is 63.7 Å². The monoisotopic (exact) mass is 807 g/mol. The van der Waals surface area contributed by atoms with Gasteiger partial charge in [0.2, 0.25) is 0 Å². The number of hydrogen-bond donors (Lipinski definition) is 0. The minimum Gasteiger partial charge on any atom is -0.462 e. The molecule has 0 radical (unpaired) electrons. The van der Waals surface area contributed by atoms with Gasteiger partial charge < -0.3 is 14.2 Å². The van der Waals surface area contributed by atoms with Crippen LogP contribution in [0.5, 0.6) is 0 Å². The number of esters is 3. The van der Waals surface area contributed by atoms with E-state index in [2.05, 4.69) is 27.7 Å². The SMILES string of the molecule is CCCCCCCCCCCCCCCC(=O)OC[C@H](COC(=O)CCCCCCCCCCC)OC(=O)CCCCCCCCCCCCCCCCC(C)C. The molecule has 0 aromatic carbocycles. The Morgan fingerprint density at radius 2 is 0.579 bits per heavy atom. The zero-order chi connectivity index (χ0) is 41.7. The van der Waals surface area contributed by atoms with Gasteiger partial charge in [-0.15, -0.1) is 0 Å². The first-order valence-electron chi connectivity index (χ1n) is 25.4. The van der Waals surface area contributed by atoms with Crippen LogP contribution in [-0.4, -0.2) is 37.2 Å². The van der Waals surface area contributed by atoms with E-state index in [1.807, 2.05) is 0 Å². The summed E-state index contributed by atoms with van der Waals surface area (Å²) in [6, 6.07) is 0. The molecule has 0 aliphatic rings. The second-order valence-electron chi connectivity index (χ2n) is 17.9. The Balaban J connectivity index is 4.26. The highest BCUT2D eigenvalue weighted by Gasteiger charge is 2.19. The molecule has 0 bridgehead atoms. The summed E-state index contributed by atoms with van der Waals surface area (Å²) < 4.78 is 16.8. The van der Waals surface area contributed by atoms with Gasteiger partial charge in [0.25, 0.3) is 0 Å². The lowest BCUT2D eigenvalue weighted by Crippen LogP contribution is -2.30. The van der Waals surface area contributed by atoms with Crippen LogP contribution in [0.15, 0.2) is 0 Å². The Morgan fingerprint density at radius 1 is 0.333 bits per heavy atom. The second kappa shape index (κ2) is 45.5. The molecule has 1 atom stereocenters. The molecule has 57 heavy (non-hydrogen) atoms. The highest BCUT2D eigenvalue weighted by molar-refractivity contribution is 5.71. The minimum absolute atomic E-state index is 0.0629. The number of carbonyl (C=O) groups excluding carboxylic acids is 3. The summed E-state index contributed by atoms with van der Waals surface area (Å²) in [6.07, 6.45) is 46.6. The van der Waals surface area contributed by atoms with Crippen LogP contribution in [0.1, 0.15) is 285 Å². The maximum atomic E-state index is 12.8. The summed E-state index contributed by atoms with van der Waals surface area (Å²) in [5.41, 5.74) is 0. The molecule has 0 saturated heterocycles. The van der Waals surface area contributed by atoms with Gasteiger partial charge in [-0.25, -0.2) is 0 Å². The summed E-state index contributed by atoms with van der Waals surface area (Å²) in [7, 11) is 0. The molecule has 0 unspecified atom stereocenters. The molecule has 0 aromatic heterocycles. The Labute approximate surface area is 355 Å². The Kier molecular flexibility index (Phi) is 44.2. The minimum atomic E-state index is -0.759. The van der Waals surface area contributed by atoms with Crippen LogP contribution in [-0.2, 0) is 28.6 Å². The molecule has 0 amide bonds. The van der Waals surface area contributed by atoms with Crippen LogP contribution >= 0.6 is 0 Å². The number of unbranched alkanes of at least 4 members (excludes halogenated alkanes) is 33. The van der Waals surface area contributed by atoms with Crippen LogP contribution in [0, 0.1) is 5.92 Å². The lowest BCUT2D eigenvalue weighted by Gasteiger charge is -2.18. The third kappa shape index (κ3) is 45.3. The van der Waals surface area contributed by atoms with Gasteiger partial charge >= 0.3 is 17.9 Å². The van der Waals surface area contributed by atoms with Crippen molar-refractivity contribution in [1.29, 1.82) is 0 Å². The quantitative estimate of drug-likeness (QED) is 0.0346. The predicted molar refractivity (Wildman–Crippen MR) is 243 cm³/mol. The van der Waals surface area contributed by atoms with E-state index < -0.39 is 6.10 Å². The molecule has 6 nitrogen and oxygen atoms in total. The van der Waals surface area contributed by atoms with Crippen LogP contribution in [0.3, 0.4) is 0 Å². The molecular weight excluding hydrogens is 709 g/mol. The fraction of sp³-hybridized carbons (Fsp3) is 0.941. The summed E-state index contributed by atoms with van der Waals surface area (Å²) >= 11 is 0. The molecule has 0 rings (SSSR count). The summed E-state index contributed by atoms with van der Waals surface area (Å²) in [5, 5.41) is 0. The first-order chi connectivity index (χ1) is 27.9. The predicted octanol–water partition coefficient (Wildman–Crippen LogP) is 16.3. The van der Waals surface area contributed by atoms with Crippen LogP contribution in [0.4, 0.5) is 0 Å². The molecule has 0 N–H and O–H groups in total. The fourth-order valence-electron chi connectivity index (χ4n) is 7.69. The molecule has 6 heteroatoms. The van der Waals surface area contributed by atoms with E-state index in [-0.39, 0.29) is 31.1 Å². The van der Waals surface area contributed by atoms with E-state index in [9.17, 15) is 14.4 Å². The summed E-state index contributed by atoms with van der Waals surface area (Å²) in [6.45, 7) is 9.01. The third-order valence-corrected chi connectivity index (χ3v) is 11.5. The van der Waals surface area contributed by atoms with Gasteiger partial charge in [0, 0.05) is 19.3 Å². The van der Waals surface area contributed by atoms with Crippen LogP contribution in [0.2, 0.25) is 0 Å². The number of carbonyl (C=O) groups is 3. The van der Waals surface area contributed by atoms with Crippen molar-refractivity contribution < 1.29 is 28.6 Å². The molecule has 0 fully saturated rings. The first kappa shape index (κ1) is 55.4. The highest BCUT2D eigenvalue weighted by atomic mass is 16.6. The zero-order valence-corrected chi connectivity index (χ0v) is 38.8. The van der Waals surface area contributed by atoms with Crippen molar-refractivity contribution in [2.24, 2.45) is 5.92 Å². The van der Waals surface area contributed by atoms with Crippen molar-refractivity contribution in [2.75, 3.05) is 13.2 Å². The standard InChI is InChI=1S/C51H98O6/c1-5-7-9-11-13-15-16-19-23-27-31-35-39-43-50(53)56-46-48(45-55-49(52)42-38-34-30-25-14-12-10-8-6-2)57-51(54)44-40-36-32-28-24-21-18-17-20-22-26-29-33-37-41-47(3)4/h47-48H,5-46H2,1-4H3/t48-/m0/s1. The smallest absolute Gasteiger partial charge is 0.306 e. The maximum Gasteiger partial charge on any atom is 0.306 e. The molecule has 338 valence electrons. The molecule has 0 heterocycles. The van der Waals surface area contributed by atoms with E-state index >= 15 is 0 Å². The summed E-state index contributed by atoms with van der Waals surface area (Å²) in [5.74, 6) is -0.00443. The van der Waals surface area contributed by atoms with Crippen LogP contribution in [0.25, 0.3) is 0 Å². The topological polar surface area (TPSA) is 78.9 Å². The van der Waals surface area contributed by atoms with Gasteiger partial charge in [-0.2, -0.15) is 0 Å². The summed E-state index contributed by atoms with van der Waals surface area (Å²) in [4.78, 5) is 37.8.